The summed E-state index contributed by atoms with van der Waals surface area (Å²) >= 11 is 3.61. The molecule has 1 aliphatic heterocycles. The van der Waals surface area contributed by atoms with Crippen molar-refractivity contribution in [3.05, 3.63) is 15.6 Å². The first kappa shape index (κ1) is 13.4. The second-order valence-corrected chi connectivity index (χ2v) is 6.90. The molecular weight excluding hydrogens is 282 g/mol. The summed E-state index contributed by atoms with van der Waals surface area (Å²) in [6.45, 7) is 3.07. The van der Waals surface area contributed by atoms with E-state index in [1.165, 1.54) is 4.88 Å². The van der Waals surface area contributed by atoms with Crippen LogP contribution in [0.4, 0.5) is 0 Å². The lowest BCUT2D eigenvalue weighted by Gasteiger charge is -2.20. The fourth-order valence-electron chi connectivity index (χ4n) is 2.49. The van der Waals surface area contributed by atoms with Gasteiger partial charge in [-0.15, -0.1) is 11.3 Å². The Morgan fingerprint density at radius 1 is 1.58 bits per heavy atom. The van der Waals surface area contributed by atoms with Crippen LogP contribution in [0.3, 0.4) is 0 Å². The van der Waals surface area contributed by atoms with Gasteiger partial charge in [0, 0.05) is 16.4 Å². The Balaban J connectivity index is 1.78. The predicted molar refractivity (Wildman–Crippen MR) is 75.8 cm³/mol. The first-order valence-corrected chi connectivity index (χ1v) is 8.62. The summed E-state index contributed by atoms with van der Waals surface area (Å²) in [6.07, 6.45) is 1.89. The topological polar surface area (TPSA) is 48.4 Å². The zero-order valence-corrected chi connectivity index (χ0v) is 12.5. The molecule has 3 rings (SSSR count). The number of aromatic nitrogens is 1. The van der Waals surface area contributed by atoms with Crippen LogP contribution in [0.5, 0.6) is 0 Å². The Hall–Kier alpha value is -0.590. The highest BCUT2D eigenvalue weighted by Gasteiger charge is 2.35. The molecule has 2 unspecified atom stereocenters. The number of carbonyl (C=O) groups excluding carboxylic acids is 1. The van der Waals surface area contributed by atoms with E-state index < -0.39 is 0 Å². The summed E-state index contributed by atoms with van der Waals surface area (Å²) in [5, 5.41) is 1.03. The molecule has 0 N–H and O–H groups in total. The lowest BCUT2D eigenvalue weighted by molar-refractivity contribution is -0.145. The van der Waals surface area contributed by atoms with Crippen LogP contribution in [0.1, 0.15) is 40.9 Å². The molecular formula is C13H17NO3S2. The van der Waals surface area contributed by atoms with Gasteiger partial charge in [0.2, 0.25) is 0 Å². The lowest BCUT2D eigenvalue weighted by Crippen LogP contribution is -2.17. The van der Waals surface area contributed by atoms with Crippen LogP contribution < -0.4 is 0 Å². The van der Waals surface area contributed by atoms with Crippen molar-refractivity contribution in [2.24, 2.45) is 0 Å². The Labute approximate surface area is 120 Å². The number of thioether (sulfide) groups is 1. The number of carbonyl (C=O) groups is 1. The van der Waals surface area contributed by atoms with Gasteiger partial charge in [-0.3, -0.25) is 4.79 Å². The van der Waals surface area contributed by atoms with Crippen LogP contribution in [-0.4, -0.2) is 35.7 Å². The van der Waals surface area contributed by atoms with Crippen molar-refractivity contribution in [1.82, 2.24) is 4.98 Å². The molecule has 0 spiro atoms. The molecule has 1 saturated heterocycles. The van der Waals surface area contributed by atoms with E-state index in [0.29, 0.717) is 6.61 Å². The number of hydrogen-bond donors (Lipinski definition) is 0. The Morgan fingerprint density at radius 3 is 3.21 bits per heavy atom. The molecule has 1 aliphatic carbocycles. The second-order valence-electron chi connectivity index (χ2n) is 4.64. The van der Waals surface area contributed by atoms with Crippen molar-refractivity contribution in [3.63, 3.8) is 0 Å². The predicted octanol–water partition coefficient (Wildman–Crippen LogP) is 2.54. The van der Waals surface area contributed by atoms with Crippen LogP contribution in [-0.2, 0) is 20.7 Å². The average Bonchev–Trinajstić information content (AvgIpc) is 2.99. The van der Waals surface area contributed by atoms with Crippen molar-refractivity contribution in [1.29, 1.82) is 0 Å². The van der Waals surface area contributed by atoms with E-state index in [9.17, 15) is 4.79 Å². The minimum atomic E-state index is -0.156. The maximum Gasteiger partial charge on any atom is 0.315 e. The highest BCUT2D eigenvalue weighted by Crippen LogP contribution is 2.40. The maximum absolute atomic E-state index is 11.9. The molecule has 6 heteroatoms. The number of rotatable bonds is 3. The molecule has 0 aromatic carbocycles. The van der Waals surface area contributed by atoms with E-state index in [2.05, 4.69) is 4.98 Å². The standard InChI is InChI=1S/C13H17NO3S2/c1-2-16-13(15)8-3-4-10-11(8)14-12(19-10)9-7-18-6-5-17-9/h8-9H,2-7H2,1H3. The molecule has 2 aliphatic rings. The van der Waals surface area contributed by atoms with Gasteiger partial charge in [-0.2, -0.15) is 11.8 Å². The van der Waals surface area contributed by atoms with Crippen molar-refractivity contribution in [3.8, 4) is 0 Å². The molecule has 0 radical (unpaired) electrons. The fraction of sp³-hybridized carbons (Fsp3) is 0.692. The normalized spacial score (nSPS) is 26.2. The smallest absolute Gasteiger partial charge is 0.315 e. The highest BCUT2D eigenvalue weighted by atomic mass is 32.2. The average molecular weight is 299 g/mol. The van der Waals surface area contributed by atoms with Crippen LogP contribution in [0, 0.1) is 0 Å². The molecule has 2 atom stereocenters. The number of ether oxygens (including phenoxy) is 2. The third-order valence-electron chi connectivity index (χ3n) is 3.40. The van der Waals surface area contributed by atoms with Gasteiger partial charge in [-0.05, 0) is 19.8 Å². The van der Waals surface area contributed by atoms with Crippen LogP contribution in [0.2, 0.25) is 0 Å². The van der Waals surface area contributed by atoms with E-state index in [4.69, 9.17) is 9.47 Å². The van der Waals surface area contributed by atoms with Crippen molar-refractivity contribution in [2.45, 2.75) is 31.8 Å². The van der Waals surface area contributed by atoms with Gasteiger partial charge in [0.1, 0.15) is 17.0 Å². The van der Waals surface area contributed by atoms with Crippen LogP contribution >= 0.6 is 23.1 Å². The minimum absolute atomic E-state index is 0.109. The number of hydrogen-bond acceptors (Lipinski definition) is 6. The molecule has 19 heavy (non-hydrogen) atoms. The first-order chi connectivity index (χ1) is 9.29. The van der Waals surface area contributed by atoms with Crippen LogP contribution in [0.25, 0.3) is 0 Å². The molecule has 4 nitrogen and oxygen atoms in total. The first-order valence-electron chi connectivity index (χ1n) is 6.65. The van der Waals surface area contributed by atoms with E-state index in [1.807, 2.05) is 18.7 Å². The minimum Gasteiger partial charge on any atom is -0.465 e. The van der Waals surface area contributed by atoms with E-state index in [1.54, 1.807) is 11.3 Å². The zero-order valence-electron chi connectivity index (χ0n) is 10.9. The lowest BCUT2D eigenvalue weighted by atomic mass is 10.1. The van der Waals surface area contributed by atoms with Gasteiger partial charge in [0.05, 0.1) is 18.9 Å². The summed E-state index contributed by atoms with van der Waals surface area (Å²) in [5.74, 6) is 1.75. The molecule has 0 amide bonds. The van der Waals surface area contributed by atoms with Crippen molar-refractivity contribution < 1.29 is 14.3 Å². The number of thiazole rings is 1. The summed E-state index contributed by atoms with van der Waals surface area (Å²) in [4.78, 5) is 17.8. The Kier molecular flexibility index (Phi) is 4.10. The van der Waals surface area contributed by atoms with Gasteiger partial charge in [-0.25, -0.2) is 4.98 Å². The number of esters is 1. The molecule has 1 aromatic heterocycles. The Bertz CT molecular complexity index is 468. The largest absolute Gasteiger partial charge is 0.465 e. The molecule has 1 aromatic rings. The number of fused-ring (bicyclic) bond motifs is 1. The third kappa shape index (κ3) is 2.66. The number of nitrogens with zero attached hydrogens (tertiary/aromatic N) is 1. The third-order valence-corrected chi connectivity index (χ3v) is 5.61. The fourth-order valence-corrected chi connectivity index (χ4v) is 4.63. The van der Waals surface area contributed by atoms with Gasteiger partial charge in [0.25, 0.3) is 0 Å². The maximum atomic E-state index is 11.9. The van der Waals surface area contributed by atoms with Crippen molar-refractivity contribution >= 4 is 29.1 Å². The number of aryl methyl sites for hydroxylation is 1. The summed E-state index contributed by atoms with van der Waals surface area (Å²) in [6, 6.07) is 0. The monoisotopic (exact) mass is 299 g/mol. The van der Waals surface area contributed by atoms with Crippen molar-refractivity contribution in [2.75, 3.05) is 24.7 Å². The van der Waals surface area contributed by atoms with E-state index >= 15 is 0 Å². The zero-order chi connectivity index (χ0) is 13.2. The molecule has 0 bridgehead atoms. The van der Waals surface area contributed by atoms with E-state index in [0.717, 1.165) is 41.7 Å². The SMILES string of the molecule is CCOC(=O)C1CCc2sc(C3CSCCO3)nc21. The van der Waals surface area contributed by atoms with E-state index in [-0.39, 0.29) is 18.0 Å². The van der Waals surface area contributed by atoms with Gasteiger partial charge < -0.3 is 9.47 Å². The summed E-state index contributed by atoms with van der Waals surface area (Å²) in [7, 11) is 0. The molecule has 1 fully saturated rings. The Morgan fingerprint density at radius 2 is 2.47 bits per heavy atom. The molecule has 104 valence electrons. The summed E-state index contributed by atoms with van der Waals surface area (Å²) in [5.41, 5.74) is 0.942. The second kappa shape index (κ2) is 5.81. The molecule has 0 saturated carbocycles. The quantitative estimate of drug-likeness (QED) is 0.803. The molecule has 2 heterocycles. The summed E-state index contributed by atoms with van der Waals surface area (Å²) < 4.78 is 10.9. The van der Waals surface area contributed by atoms with Gasteiger partial charge in [0.15, 0.2) is 0 Å². The van der Waals surface area contributed by atoms with Gasteiger partial charge in [-0.1, -0.05) is 0 Å². The van der Waals surface area contributed by atoms with Gasteiger partial charge >= 0.3 is 5.97 Å². The highest BCUT2D eigenvalue weighted by molar-refractivity contribution is 7.99. The van der Waals surface area contributed by atoms with Crippen LogP contribution in [0.15, 0.2) is 0 Å².